The summed E-state index contributed by atoms with van der Waals surface area (Å²) in [4.78, 5) is 0. The van der Waals surface area contributed by atoms with Crippen molar-refractivity contribution >= 4 is 10.5 Å². The largest absolute Gasteiger partial charge is 0.435 e. The van der Waals surface area contributed by atoms with Crippen LogP contribution in [0.3, 0.4) is 0 Å². The normalized spacial score (nSPS) is 10.8. The number of halogens is 3. The predicted molar refractivity (Wildman–Crippen MR) is 93.5 cm³/mol. The maximum absolute atomic E-state index is 13.0. The van der Waals surface area contributed by atoms with Crippen molar-refractivity contribution in [1.82, 2.24) is 9.78 Å². The van der Waals surface area contributed by atoms with Crippen LogP contribution in [0.1, 0.15) is 11.3 Å². The summed E-state index contributed by atoms with van der Waals surface area (Å²) in [6.45, 7) is 0.381. The summed E-state index contributed by atoms with van der Waals surface area (Å²) in [5, 5.41) is 3.74. The second-order valence-corrected chi connectivity index (χ2v) is 5.77. The topological polar surface area (TPSA) is 102 Å². The van der Waals surface area contributed by atoms with Crippen LogP contribution in [0.25, 0.3) is 16.9 Å². The number of hydrogen-bond acceptors (Lipinski definition) is 5. The van der Waals surface area contributed by atoms with E-state index in [4.69, 9.17) is 18.9 Å². The van der Waals surface area contributed by atoms with E-state index in [1.807, 2.05) is 0 Å². The fraction of sp³-hybridized carbons (Fsp3) is 0.118. The van der Waals surface area contributed by atoms with Gasteiger partial charge < -0.3 is 5.73 Å². The van der Waals surface area contributed by atoms with Crippen LogP contribution >= 0.6 is 0 Å². The Hall–Kier alpha value is -2.98. The summed E-state index contributed by atoms with van der Waals surface area (Å²) in [6.07, 6.45) is -4.49. The van der Waals surface area contributed by atoms with Gasteiger partial charge in [-0.15, -0.1) is 0 Å². The average molecular weight is 396 g/mol. The van der Waals surface area contributed by atoms with E-state index in [1.165, 1.54) is 4.68 Å². The van der Waals surface area contributed by atoms with Crippen molar-refractivity contribution in [2.45, 2.75) is 12.7 Å². The average Bonchev–Trinajstić information content (AvgIpc) is 3.08. The van der Waals surface area contributed by atoms with Crippen molar-refractivity contribution in [3.05, 3.63) is 71.9 Å². The number of nitrogens with one attached hydrogen (secondary N) is 1. The molecule has 0 saturated carbocycles. The SMILES string of the molecule is N=S(=O)=O.NCc1ccc(-c2cc(C(F)(F)F)nn2-c2ccccc2)cc1. The number of alkyl halides is 3. The molecule has 142 valence electrons. The molecule has 6 nitrogen and oxygen atoms in total. The van der Waals surface area contributed by atoms with Gasteiger partial charge in [0.05, 0.1) is 11.4 Å². The third-order valence-electron chi connectivity index (χ3n) is 3.49. The Morgan fingerprint density at radius 2 is 1.59 bits per heavy atom. The molecule has 0 aliphatic heterocycles. The van der Waals surface area contributed by atoms with E-state index in [2.05, 4.69) is 5.10 Å². The zero-order chi connectivity index (χ0) is 20.0. The van der Waals surface area contributed by atoms with Crippen LogP contribution in [-0.2, 0) is 23.2 Å². The zero-order valence-corrected chi connectivity index (χ0v) is 14.6. The first-order valence-electron chi connectivity index (χ1n) is 7.55. The molecule has 3 N–H and O–H groups in total. The summed E-state index contributed by atoms with van der Waals surface area (Å²) >= 11 is 0. The molecule has 2 aromatic carbocycles. The van der Waals surface area contributed by atoms with Crippen molar-refractivity contribution in [1.29, 1.82) is 4.78 Å². The van der Waals surface area contributed by atoms with Gasteiger partial charge in [-0.1, -0.05) is 42.5 Å². The minimum Gasteiger partial charge on any atom is -0.326 e. The van der Waals surface area contributed by atoms with Crippen LogP contribution in [0.5, 0.6) is 0 Å². The van der Waals surface area contributed by atoms with Gasteiger partial charge in [-0.3, -0.25) is 0 Å². The van der Waals surface area contributed by atoms with Crippen molar-refractivity contribution in [3.63, 3.8) is 0 Å². The van der Waals surface area contributed by atoms with E-state index in [1.54, 1.807) is 54.6 Å². The minimum atomic E-state index is -4.49. The number of nitrogens with two attached hydrogens (primary N) is 1. The first-order chi connectivity index (χ1) is 12.7. The van der Waals surface area contributed by atoms with Gasteiger partial charge in [0.15, 0.2) is 5.69 Å². The molecule has 0 saturated heterocycles. The molecule has 0 aliphatic rings. The number of rotatable bonds is 3. The van der Waals surface area contributed by atoms with Gasteiger partial charge in [-0.05, 0) is 23.8 Å². The highest BCUT2D eigenvalue weighted by Crippen LogP contribution is 2.33. The maximum Gasteiger partial charge on any atom is 0.435 e. The number of hydrogen-bond donors (Lipinski definition) is 2. The lowest BCUT2D eigenvalue weighted by Gasteiger charge is -2.08. The standard InChI is InChI=1S/C17H14F3N3.HNO2S/c18-17(19,20)16-10-15(13-8-6-12(11-21)7-9-13)23(22-16)14-4-2-1-3-5-14;1-4(2)3/h1-10H,11,21H2;1H. The smallest absolute Gasteiger partial charge is 0.326 e. The summed E-state index contributed by atoms with van der Waals surface area (Å²) < 4.78 is 63.3. The van der Waals surface area contributed by atoms with Crippen molar-refractivity contribution in [2.24, 2.45) is 5.73 Å². The molecular weight excluding hydrogens is 381 g/mol. The van der Waals surface area contributed by atoms with Gasteiger partial charge in [0.1, 0.15) is 0 Å². The monoisotopic (exact) mass is 396 g/mol. The van der Waals surface area contributed by atoms with Gasteiger partial charge >= 0.3 is 16.7 Å². The van der Waals surface area contributed by atoms with Crippen LogP contribution in [0.4, 0.5) is 13.2 Å². The Labute approximate surface area is 154 Å². The molecule has 0 amide bonds. The molecule has 0 spiro atoms. The zero-order valence-electron chi connectivity index (χ0n) is 13.8. The number of nitrogens with zero attached hydrogens (tertiary/aromatic N) is 2. The Balaban J connectivity index is 0.000000596. The lowest BCUT2D eigenvalue weighted by molar-refractivity contribution is -0.141. The summed E-state index contributed by atoms with van der Waals surface area (Å²) in [5.41, 5.74) is 7.15. The quantitative estimate of drug-likeness (QED) is 0.705. The number of benzene rings is 2. The Morgan fingerprint density at radius 1 is 1.04 bits per heavy atom. The van der Waals surface area contributed by atoms with E-state index in [0.29, 0.717) is 23.5 Å². The first-order valence-corrected chi connectivity index (χ1v) is 8.62. The molecule has 3 aromatic rings. The van der Waals surface area contributed by atoms with Gasteiger partial charge in [0, 0.05) is 12.1 Å². The highest BCUT2D eigenvalue weighted by molar-refractivity contribution is 7.60. The van der Waals surface area contributed by atoms with Crippen LogP contribution in [-0.4, -0.2) is 18.2 Å². The molecule has 0 fully saturated rings. The molecule has 1 aromatic heterocycles. The van der Waals surface area contributed by atoms with Gasteiger partial charge in [-0.25, -0.2) is 4.68 Å². The molecule has 27 heavy (non-hydrogen) atoms. The van der Waals surface area contributed by atoms with Crippen molar-refractivity contribution < 1.29 is 21.6 Å². The molecule has 10 heteroatoms. The molecule has 0 unspecified atom stereocenters. The van der Waals surface area contributed by atoms with Crippen LogP contribution in [0.2, 0.25) is 0 Å². The van der Waals surface area contributed by atoms with E-state index in [-0.39, 0.29) is 0 Å². The number of aromatic nitrogens is 2. The minimum absolute atomic E-state index is 0.381. The first kappa shape index (κ1) is 20.3. The second kappa shape index (κ2) is 8.60. The Kier molecular flexibility index (Phi) is 6.48. The van der Waals surface area contributed by atoms with Crippen molar-refractivity contribution in [2.75, 3.05) is 0 Å². The van der Waals surface area contributed by atoms with Gasteiger partial charge in [0.2, 0.25) is 0 Å². The summed E-state index contributed by atoms with van der Waals surface area (Å²) in [7, 11) is -2.61. The van der Waals surface area contributed by atoms with Crippen LogP contribution < -0.4 is 5.73 Å². The second-order valence-electron chi connectivity index (χ2n) is 5.30. The van der Waals surface area contributed by atoms with Gasteiger partial charge in [0.25, 0.3) is 0 Å². The van der Waals surface area contributed by atoms with E-state index >= 15 is 0 Å². The highest BCUT2D eigenvalue weighted by Gasteiger charge is 2.35. The molecule has 0 aliphatic carbocycles. The van der Waals surface area contributed by atoms with E-state index in [0.717, 1.165) is 11.6 Å². The summed E-state index contributed by atoms with van der Waals surface area (Å²) in [5.74, 6) is 0. The third-order valence-corrected chi connectivity index (χ3v) is 3.49. The van der Waals surface area contributed by atoms with E-state index in [9.17, 15) is 13.2 Å². The molecule has 0 bridgehead atoms. The molecule has 0 radical (unpaired) electrons. The molecular formula is C17H15F3N4O2S. The van der Waals surface area contributed by atoms with Crippen LogP contribution in [0.15, 0.2) is 60.7 Å². The maximum atomic E-state index is 13.0. The highest BCUT2D eigenvalue weighted by atomic mass is 32.2. The number of para-hydroxylation sites is 1. The predicted octanol–water partition coefficient (Wildman–Crippen LogP) is 3.64. The van der Waals surface area contributed by atoms with E-state index < -0.39 is 22.4 Å². The lowest BCUT2D eigenvalue weighted by atomic mass is 10.1. The fourth-order valence-electron chi connectivity index (χ4n) is 2.30. The lowest BCUT2D eigenvalue weighted by Crippen LogP contribution is -2.07. The third kappa shape index (κ3) is 5.50. The Morgan fingerprint density at radius 3 is 2.07 bits per heavy atom. The van der Waals surface area contributed by atoms with Crippen molar-refractivity contribution in [3.8, 4) is 16.9 Å². The molecule has 0 atom stereocenters. The van der Waals surface area contributed by atoms with Gasteiger partial charge in [-0.2, -0.15) is 31.5 Å². The Bertz CT molecular complexity index is 993. The molecule has 3 rings (SSSR count). The van der Waals surface area contributed by atoms with Crippen LogP contribution in [0, 0.1) is 4.78 Å². The molecule has 1 heterocycles. The summed E-state index contributed by atoms with van der Waals surface area (Å²) in [6, 6.07) is 16.9. The fourth-order valence-corrected chi connectivity index (χ4v) is 2.30.